The lowest BCUT2D eigenvalue weighted by Crippen LogP contribution is -2.42. The number of hydrogen-bond donors (Lipinski definition) is 2. The van der Waals surface area contributed by atoms with E-state index in [0.717, 1.165) is 13.0 Å². The highest BCUT2D eigenvalue weighted by Gasteiger charge is 2.36. The molecule has 1 fully saturated rings. The van der Waals surface area contributed by atoms with Crippen LogP contribution in [0.4, 0.5) is 0 Å². The molecule has 1 saturated heterocycles. The Morgan fingerprint density at radius 2 is 2.18 bits per heavy atom. The van der Waals surface area contributed by atoms with Crippen molar-refractivity contribution in [3.8, 4) is 0 Å². The molecule has 2 rings (SSSR count). The number of aliphatic carboxylic acids is 1. The lowest BCUT2D eigenvalue weighted by molar-refractivity contribution is -0.138. The molecule has 0 aromatic carbocycles. The van der Waals surface area contributed by atoms with Gasteiger partial charge in [-0.2, -0.15) is 0 Å². The van der Waals surface area contributed by atoms with Gasteiger partial charge in [-0.05, 0) is 24.3 Å². The first kappa shape index (κ1) is 17.0. The van der Waals surface area contributed by atoms with Crippen LogP contribution in [0.2, 0.25) is 0 Å². The Labute approximate surface area is 135 Å². The molecule has 0 spiro atoms. The van der Waals surface area contributed by atoms with Crippen molar-refractivity contribution in [2.75, 3.05) is 19.6 Å². The van der Waals surface area contributed by atoms with E-state index < -0.39 is 5.97 Å². The number of nitrogens with zero attached hydrogens (tertiary/aromatic N) is 1. The minimum absolute atomic E-state index is 0.0110. The number of carbonyl (C=O) groups excluding carboxylic acids is 1. The largest absolute Gasteiger partial charge is 0.480 e. The van der Waals surface area contributed by atoms with Gasteiger partial charge in [0.25, 0.3) is 5.91 Å². The molecule has 0 unspecified atom stereocenters. The minimum Gasteiger partial charge on any atom is -0.480 e. The van der Waals surface area contributed by atoms with Gasteiger partial charge >= 0.3 is 5.97 Å². The summed E-state index contributed by atoms with van der Waals surface area (Å²) in [5, 5.41) is 13.9. The summed E-state index contributed by atoms with van der Waals surface area (Å²) in [4.78, 5) is 26.4. The third-order valence-electron chi connectivity index (χ3n) is 4.24. The maximum absolute atomic E-state index is 12.4. The lowest BCUT2D eigenvalue weighted by Gasteiger charge is -2.22. The third kappa shape index (κ3) is 4.08. The minimum atomic E-state index is -0.820. The number of rotatable bonds is 6. The van der Waals surface area contributed by atoms with Gasteiger partial charge in [-0.1, -0.05) is 20.8 Å². The quantitative estimate of drug-likeness (QED) is 0.840. The van der Waals surface area contributed by atoms with Crippen molar-refractivity contribution in [1.29, 1.82) is 0 Å². The molecular weight excluding hydrogens is 300 g/mol. The zero-order valence-corrected chi connectivity index (χ0v) is 14.2. The number of thiophene rings is 1. The molecule has 1 aromatic rings. The highest BCUT2D eigenvalue weighted by molar-refractivity contribution is 7.10. The van der Waals surface area contributed by atoms with E-state index >= 15 is 0 Å². The van der Waals surface area contributed by atoms with Crippen molar-refractivity contribution in [2.24, 2.45) is 11.8 Å². The van der Waals surface area contributed by atoms with Gasteiger partial charge in [0.15, 0.2) is 0 Å². The van der Waals surface area contributed by atoms with Gasteiger partial charge in [-0.3, -0.25) is 14.5 Å². The van der Waals surface area contributed by atoms with E-state index in [1.165, 1.54) is 4.88 Å². The van der Waals surface area contributed by atoms with E-state index in [2.05, 4.69) is 26.1 Å². The lowest BCUT2D eigenvalue weighted by atomic mass is 9.91. The zero-order valence-electron chi connectivity index (χ0n) is 13.3. The second-order valence-corrected chi connectivity index (χ2v) is 7.23. The average Bonchev–Trinajstić information content (AvgIpc) is 3.04. The molecule has 2 N–H and O–H groups in total. The second-order valence-electron chi connectivity index (χ2n) is 6.23. The monoisotopic (exact) mass is 324 g/mol. The molecule has 1 aromatic heterocycles. The molecular formula is C16H24N2O3S. The number of nitrogens with one attached hydrogen (secondary N) is 1. The van der Waals surface area contributed by atoms with Crippen molar-refractivity contribution in [3.05, 3.63) is 21.9 Å². The summed E-state index contributed by atoms with van der Waals surface area (Å²) in [5.74, 6) is -0.186. The number of aryl methyl sites for hydroxylation is 1. The molecule has 0 radical (unpaired) electrons. The van der Waals surface area contributed by atoms with Crippen LogP contribution in [0.15, 0.2) is 11.4 Å². The molecule has 5 nitrogen and oxygen atoms in total. The third-order valence-corrected chi connectivity index (χ3v) is 5.32. The van der Waals surface area contributed by atoms with Gasteiger partial charge in [0.05, 0.1) is 12.1 Å². The van der Waals surface area contributed by atoms with E-state index in [1.54, 1.807) is 11.3 Å². The number of hydrogen-bond acceptors (Lipinski definition) is 4. The highest BCUT2D eigenvalue weighted by Crippen LogP contribution is 2.25. The first-order chi connectivity index (χ1) is 10.4. The van der Waals surface area contributed by atoms with Gasteiger partial charge in [-0.25, -0.2) is 0 Å². The SMILES string of the molecule is CCc1cc(C(=O)N[C@@H]2CN(CC(=O)O)C[C@H]2C(C)C)cs1. The van der Waals surface area contributed by atoms with Crippen LogP contribution >= 0.6 is 11.3 Å². The zero-order chi connectivity index (χ0) is 16.3. The van der Waals surface area contributed by atoms with E-state index in [1.807, 2.05) is 16.3 Å². The van der Waals surface area contributed by atoms with Gasteiger partial charge < -0.3 is 10.4 Å². The smallest absolute Gasteiger partial charge is 0.317 e. The van der Waals surface area contributed by atoms with Crippen molar-refractivity contribution >= 4 is 23.2 Å². The van der Waals surface area contributed by atoms with Crippen LogP contribution in [0.1, 0.15) is 36.0 Å². The first-order valence-electron chi connectivity index (χ1n) is 7.73. The second kappa shape index (κ2) is 7.24. The molecule has 1 aliphatic heterocycles. The molecule has 0 bridgehead atoms. The fourth-order valence-electron chi connectivity index (χ4n) is 3.00. The number of likely N-dealkylation sites (tertiary alicyclic amines) is 1. The molecule has 6 heteroatoms. The number of amides is 1. The van der Waals surface area contributed by atoms with E-state index in [-0.39, 0.29) is 24.4 Å². The van der Waals surface area contributed by atoms with E-state index in [0.29, 0.717) is 18.0 Å². The maximum atomic E-state index is 12.4. The van der Waals surface area contributed by atoms with Crippen molar-refractivity contribution < 1.29 is 14.7 Å². The Morgan fingerprint density at radius 1 is 1.45 bits per heavy atom. The van der Waals surface area contributed by atoms with E-state index in [4.69, 9.17) is 5.11 Å². The molecule has 2 heterocycles. The maximum Gasteiger partial charge on any atom is 0.317 e. The number of carboxylic acids is 1. The molecule has 1 amide bonds. The topological polar surface area (TPSA) is 69.6 Å². The first-order valence-corrected chi connectivity index (χ1v) is 8.61. The molecule has 2 atom stereocenters. The van der Waals surface area contributed by atoms with Crippen LogP contribution in [0.5, 0.6) is 0 Å². The Kier molecular flexibility index (Phi) is 5.58. The van der Waals surface area contributed by atoms with E-state index in [9.17, 15) is 9.59 Å². The van der Waals surface area contributed by atoms with Crippen LogP contribution in [-0.4, -0.2) is 47.6 Å². The molecule has 0 aliphatic carbocycles. The van der Waals surface area contributed by atoms with Gasteiger partial charge in [0, 0.05) is 29.4 Å². The summed E-state index contributed by atoms with van der Waals surface area (Å²) in [6.07, 6.45) is 0.933. The summed E-state index contributed by atoms with van der Waals surface area (Å²) in [7, 11) is 0. The highest BCUT2D eigenvalue weighted by atomic mass is 32.1. The summed E-state index contributed by atoms with van der Waals surface area (Å²) in [5.41, 5.74) is 0.709. The van der Waals surface area contributed by atoms with Crippen molar-refractivity contribution in [3.63, 3.8) is 0 Å². The molecule has 0 saturated carbocycles. The fourth-order valence-corrected chi connectivity index (χ4v) is 3.81. The fraction of sp³-hybridized carbons (Fsp3) is 0.625. The molecule has 122 valence electrons. The molecule has 1 aliphatic rings. The Balaban J connectivity index is 2.02. The summed E-state index contributed by atoms with van der Waals surface area (Å²) >= 11 is 1.60. The van der Waals surface area contributed by atoms with Crippen molar-refractivity contribution in [1.82, 2.24) is 10.2 Å². The van der Waals surface area contributed by atoms with Gasteiger partial charge in [0.2, 0.25) is 0 Å². The van der Waals surface area contributed by atoms with Gasteiger partial charge in [0.1, 0.15) is 0 Å². The van der Waals surface area contributed by atoms with Crippen LogP contribution in [0.25, 0.3) is 0 Å². The normalized spacial score (nSPS) is 22.2. The Hall–Kier alpha value is -1.40. The predicted octanol–water partition coefficient (Wildman–Crippen LogP) is 2.08. The predicted molar refractivity (Wildman–Crippen MR) is 87.4 cm³/mol. The van der Waals surface area contributed by atoms with Crippen LogP contribution in [-0.2, 0) is 11.2 Å². The number of carbonyl (C=O) groups is 2. The van der Waals surface area contributed by atoms with Crippen LogP contribution in [0, 0.1) is 11.8 Å². The summed E-state index contributed by atoms with van der Waals surface area (Å²) < 4.78 is 0. The Morgan fingerprint density at radius 3 is 2.73 bits per heavy atom. The summed E-state index contributed by atoms with van der Waals surface area (Å²) in [6.45, 7) is 7.67. The number of carboxylic acid groups (broad SMARTS) is 1. The van der Waals surface area contributed by atoms with Crippen LogP contribution in [0.3, 0.4) is 0 Å². The standard InChI is InChI=1S/C16H24N2O3S/c1-4-12-5-11(9-22-12)16(21)17-14-7-18(8-15(19)20)6-13(14)10(2)3/h5,9-10,13-14H,4,6-8H2,1-3H3,(H,17,21)(H,19,20)/t13-,14+/m0/s1. The Bertz CT molecular complexity index is 541. The van der Waals surface area contributed by atoms with Gasteiger partial charge in [-0.15, -0.1) is 11.3 Å². The molecule has 22 heavy (non-hydrogen) atoms. The average molecular weight is 324 g/mol. The van der Waals surface area contributed by atoms with Crippen LogP contribution < -0.4 is 5.32 Å². The van der Waals surface area contributed by atoms with Crippen molar-refractivity contribution in [2.45, 2.75) is 33.2 Å². The summed E-state index contributed by atoms with van der Waals surface area (Å²) in [6, 6.07) is 1.95.